The summed E-state index contributed by atoms with van der Waals surface area (Å²) in [7, 11) is 2.16. The van der Waals surface area contributed by atoms with Gasteiger partial charge in [0.2, 0.25) is 0 Å². The molecule has 1 heterocycles. The van der Waals surface area contributed by atoms with Crippen molar-refractivity contribution < 1.29 is 41.7 Å². The standard InChI is InChI=1S/C15H14F3NO6/c1-22-13(20)9-6-24-7-19(12(9)14(21)23-2)10-5-8(16)3-4-11(10)25-15(17)18/h3-5,15H,6-7H2,1-2H3. The van der Waals surface area contributed by atoms with Crippen LogP contribution in [0.5, 0.6) is 5.75 Å². The Bertz CT molecular complexity index is 707. The number of hydrogen-bond donors (Lipinski definition) is 0. The minimum atomic E-state index is -3.18. The number of nitrogens with zero attached hydrogens (tertiary/aromatic N) is 1. The largest absolute Gasteiger partial charge is 0.466 e. The number of carbonyl (C=O) groups is 2. The van der Waals surface area contributed by atoms with Crippen LogP contribution in [0.25, 0.3) is 0 Å². The fraction of sp³-hybridized carbons (Fsp3) is 0.333. The topological polar surface area (TPSA) is 74.3 Å². The van der Waals surface area contributed by atoms with Gasteiger partial charge in [-0.25, -0.2) is 14.0 Å². The number of anilines is 1. The second kappa shape index (κ2) is 7.88. The van der Waals surface area contributed by atoms with Crippen molar-refractivity contribution >= 4 is 17.6 Å². The van der Waals surface area contributed by atoms with Crippen LogP contribution >= 0.6 is 0 Å². The molecule has 0 aromatic heterocycles. The average molecular weight is 361 g/mol. The zero-order valence-electron chi connectivity index (χ0n) is 13.3. The Kier molecular flexibility index (Phi) is 5.86. The van der Waals surface area contributed by atoms with Gasteiger partial charge >= 0.3 is 18.6 Å². The Morgan fingerprint density at radius 2 is 1.88 bits per heavy atom. The maximum Gasteiger partial charge on any atom is 0.387 e. The predicted molar refractivity (Wildman–Crippen MR) is 77.4 cm³/mol. The number of benzene rings is 1. The van der Waals surface area contributed by atoms with Gasteiger partial charge in [-0.15, -0.1) is 0 Å². The van der Waals surface area contributed by atoms with E-state index in [1.807, 2.05) is 0 Å². The Hall–Kier alpha value is -2.75. The Balaban J connectivity index is 2.61. The summed E-state index contributed by atoms with van der Waals surface area (Å²) in [5.74, 6) is -3.01. The van der Waals surface area contributed by atoms with E-state index in [0.717, 1.165) is 37.3 Å². The van der Waals surface area contributed by atoms with Crippen LogP contribution in [0.2, 0.25) is 0 Å². The van der Waals surface area contributed by atoms with Crippen molar-refractivity contribution in [3.05, 3.63) is 35.3 Å². The summed E-state index contributed by atoms with van der Waals surface area (Å²) in [6.45, 7) is -3.78. The molecule has 0 saturated heterocycles. The van der Waals surface area contributed by atoms with Crippen LogP contribution in [-0.4, -0.2) is 46.1 Å². The fourth-order valence-corrected chi connectivity index (χ4v) is 2.23. The van der Waals surface area contributed by atoms with Crippen LogP contribution < -0.4 is 9.64 Å². The van der Waals surface area contributed by atoms with Gasteiger partial charge in [0.05, 0.1) is 32.1 Å². The Labute approximate surface area is 140 Å². The number of carbonyl (C=O) groups excluding carboxylic acids is 2. The van der Waals surface area contributed by atoms with Gasteiger partial charge in [0.25, 0.3) is 0 Å². The van der Waals surface area contributed by atoms with Crippen molar-refractivity contribution in [2.75, 3.05) is 32.5 Å². The lowest BCUT2D eigenvalue weighted by Crippen LogP contribution is -2.39. The van der Waals surface area contributed by atoms with Gasteiger partial charge in [-0.1, -0.05) is 0 Å². The molecule has 0 amide bonds. The molecule has 0 unspecified atom stereocenters. The van der Waals surface area contributed by atoms with E-state index in [2.05, 4.69) is 14.2 Å². The first-order chi connectivity index (χ1) is 11.9. The highest BCUT2D eigenvalue weighted by atomic mass is 19.3. The van der Waals surface area contributed by atoms with E-state index < -0.39 is 30.1 Å². The summed E-state index contributed by atoms with van der Waals surface area (Å²) in [5.41, 5.74) is -0.750. The third kappa shape index (κ3) is 4.02. The van der Waals surface area contributed by atoms with Crippen LogP contribution in [0.3, 0.4) is 0 Å². The number of ether oxygens (including phenoxy) is 4. The lowest BCUT2D eigenvalue weighted by Gasteiger charge is -2.32. The van der Waals surface area contributed by atoms with Gasteiger partial charge in [-0.2, -0.15) is 8.78 Å². The number of halogens is 3. The van der Waals surface area contributed by atoms with E-state index in [9.17, 15) is 22.8 Å². The molecule has 0 atom stereocenters. The quantitative estimate of drug-likeness (QED) is 0.741. The van der Waals surface area contributed by atoms with E-state index in [-0.39, 0.29) is 30.3 Å². The van der Waals surface area contributed by atoms with Crippen molar-refractivity contribution in [3.63, 3.8) is 0 Å². The molecule has 0 fully saturated rings. The van der Waals surface area contributed by atoms with Crippen molar-refractivity contribution in [2.45, 2.75) is 6.61 Å². The van der Waals surface area contributed by atoms with E-state index >= 15 is 0 Å². The molecule has 10 heteroatoms. The molecule has 0 N–H and O–H groups in total. The first kappa shape index (κ1) is 18.6. The number of rotatable bonds is 5. The molecule has 7 nitrogen and oxygen atoms in total. The van der Waals surface area contributed by atoms with Gasteiger partial charge in [0.15, 0.2) is 0 Å². The molecule has 0 saturated carbocycles. The normalized spacial score (nSPS) is 14.6. The first-order valence-electron chi connectivity index (χ1n) is 6.88. The van der Waals surface area contributed by atoms with E-state index in [1.54, 1.807) is 0 Å². The minimum Gasteiger partial charge on any atom is -0.466 e. The lowest BCUT2D eigenvalue weighted by atomic mass is 10.1. The predicted octanol–water partition coefficient (Wildman–Crippen LogP) is 1.82. The molecular weight excluding hydrogens is 347 g/mol. The summed E-state index contributed by atoms with van der Waals surface area (Å²) in [4.78, 5) is 25.0. The molecule has 1 aromatic carbocycles. The summed E-state index contributed by atoms with van der Waals surface area (Å²) >= 11 is 0. The summed E-state index contributed by atoms with van der Waals surface area (Å²) in [5, 5.41) is 0. The highest BCUT2D eigenvalue weighted by molar-refractivity contribution is 6.03. The molecule has 1 aliphatic heterocycles. The molecule has 0 aliphatic carbocycles. The van der Waals surface area contributed by atoms with E-state index in [4.69, 9.17) is 4.74 Å². The third-order valence-corrected chi connectivity index (χ3v) is 3.26. The average Bonchev–Trinajstić information content (AvgIpc) is 2.60. The van der Waals surface area contributed by atoms with Crippen LogP contribution in [-0.2, 0) is 23.8 Å². The zero-order valence-corrected chi connectivity index (χ0v) is 13.3. The number of esters is 2. The summed E-state index contributed by atoms with van der Waals surface area (Å²) in [6, 6.07) is 2.75. The molecule has 1 aromatic rings. The highest BCUT2D eigenvalue weighted by Gasteiger charge is 2.34. The number of hydrogen-bond acceptors (Lipinski definition) is 7. The minimum absolute atomic E-state index is 0.201. The molecule has 1 aliphatic rings. The molecule has 0 spiro atoms. The van der Waals surface area contributed by atoms with E-state index in [1.165, 1.54) is 0 Å². The van der Waals surface area contributed by atoms with Crippen LogP contribution in [0.15, 0.2) is 29.5 Å². The van der Waals surface area contributed by atoms with Crippen LogP contribution in [0.1, 0.15) is 0 Å². The third-order valence-electron chi connectivity index (χ3n) is 3.26. The van der Waals surface area contributed by atoms with Crippen molar-refractivity contribution in [1.29, 1.82) is 0 Å². The van der Waals surface area contributed by atoms with Gasteiger partial charge in [0.1, 0.15) is 24.0 Å². The highest BCUT2D eigenvalue weighted by Crippen LogP contribution is 2.35. The van der Waals surface area contributed by atoms with Gasteiger partial charge < -0.3 is 23.8 Å². The molecule has 25 heavy (non-hydrogen) atoms. The first-order valence-corrected chi connectivity index (χ1v) is 6.88. The maximum absolute atomic E-state index is 13.6. The summed E-state index contributed by atoms with van der Waals surface area (Å²) < 4.78 is 57.6. The van der Waals surface area contributed by atoms with Crippen LogP contribution in [0, 0.1) is 5.82 Å². The van der Waals surface area contributed by atoms with Crippen molar-refractivity contribution in [1.82, 2.24) is 0 Å². The molecule has 2 rings (SSSR count). The van der Waals surface area contributed by atoms with Gasteiger partial charge in [-0.3, -0.25) is 0 Å². The smallest absolute Gasteiger partial charge is 0.387 e. The zero-order chi connectivity index (χ0) is 18.6. The summed E-state index contributed by atoms with van der Waals surface area (Å²) in [6.07, 6.45) is 0. The van der Waals surface area contributed by atoms with Crippen molar-refractivity contribution in [3.8, 4) is 5.75 Å². The maximum atomic E-state index is 13.6. The number of alkyl halides is 2. The fourth-order valence-electron chi connectivity index (χ4n) is 2.23. The molecule has 0 bridgehead atoms. The molecular formula is C15H14F3NO6. The Morgan fingerprint density at radius 1 is 1.20 bits per heavy atom. The monoisotopic (exact) mass is 361 g/mol. The molecule has 136 valence electrons. The van der Waals surface area contributed by atoms with Gasteiger partial charge in [-0.05, 0) is 12.1 Å². The SMILES string of the molecule is COC(=O)C1=C(C(=O)OC)N(c2cc(F)ccc2OC(F)F)COC1. The van der Waals surface area contributed by atoms with Crippen LogP contribution in [0.4, 0.5) is 18.9 Å². The van der Waals surface area contributed by atoms with Crippen molar-refractivity contribution in [2.24, 2.45) is 0 Å². The molecule has 0 radical (unpaired) electrons. The lowest BCUT2D eigenvalue weighted by molar-refractivity contribution is -0.140. The van der Waals surface area contributed by atoms with E-state index in [0.29, 0.717) is 0 Å². The second-order valence-corrected chi connectivity index (χ2v) is 4.71. The number of methoxy groups -OCH3 is 2. The second-order valence-electron chi connectivity index (χ2n) is 4.71. The Morgan fingerprint density at radius 3 is 2.48 bits per heavy atom. The van der Waals surface area contributed by atoms with Gasteiger partial charge in [0, 0.05) is 6.07 Å².